The van der Waals surface area contributed by atoms with Crippen molar-refractivity contribution in [2.75, 3.05) is 12.4 Å². The second-order valence-corrected chi connectivity index (χ2v) is 5.38. The molecular weight excluding hydrogens is 293 g/mol. The molecule has 2 rings (SSSR count). The quantitative estimate of drug-likeness (QED) is 0.807. The van der Waals surface area contributed by atoms with Gasteiger partial charge in [0.15, 0.2) is 0 Å². The average molecular weight is 310 g/mol. The lowest BCUT2D eigenvalue weighted by molar-refractivity contribution is 0.185. The lowest BCUT2D eigenvalue weighted by atomic mass is 10.1. The predicted molar refractivity (Wildman–Crippen MR) is 85.7 cm³/mol. The highest BCUT2D eigenvalue weighted by Gasteiger charge is 2.13. The van der Waals surface area contributed by atoms with Crippen LogP contribution in [-0.2, 0) is 11.3 Å². The van der Waals surface area contributed by atoms with E-state index in [0.717, 1.165) is 16.8 Å². The molecule has 0 aliphatic rings. The predicted octanol–water partition coefficient (Wildman–Crippen LogP) is 5.31. The zero-order chi connectivity index (χ0) is 14.5. The molecule has 1 atom stereocenters. The molecule has 1 N–H and O–H groups in total. The third-order valence-electron chi connectivity index (χ3n) is 3.14. The monoisotopic (exact) mass is 309 g/mol. The number of ether oxygens (including phenoxy) is 1. The lowest BCUT2D eigenvalue weighted by Gasteiger charge is -2.19. The molecule has 2 aromatic carbocycles. The molecular formula is C16H17Cl2NO. The number of para-hydroxylation sites is 1. The van der Waals surface area contributed by atoms with Crippen LogP contribution in [0.15, 0.2) is 42.5 Å². The Morgan fingerprint density at radius 3 is 2.60 bits per heavy atom. The van der Waals surface area contributed by atoms with Gasteiger partial charge in [0.25, 0.3) is 0 Å². The number of anilines is 1. The van der Waals surface area contributed by atoms with Gasteiger partial charge in [0.2, 0.25) is 0 Å². The van der Waals surface area contributed by atoms with Crippen molar-refractivity contribution in [2.24, 2.45) is 0 Å². The van der Waals surface area contributed by atoms with E-state index in [9.17, 15) is 0 Å². The van der Waals surface area contributed by atoms with Crippen LogP contribution in [0.1, 0.15) is 24.1 Å². The zero-order valence-corrected chi connectivity index (χ0v) is 13.0. The Balaban J connectivity index is 2.23. The zero-order valence-electron chi connectivity index (χ0n) is 11.5. The van der Waals surface area contributed by atoms with Crippen molar-refractivity contribution in [3.63, 3.8) is 0 Å². The molecule has 0 amide bonds. The van der Waals surface area contributed by atoms with Crippen molar-refractivity contribution in [1.82, 2.24) is 0 Å². The van der Waals surface area contributed by atoms with E-state index < -0.39 is 0 Å². The van der Waals surface area contributed by atoms with E-state index >= 15 is 0 Å². The van der Waals surface area contributed by atoms with Crippen LogP contribution in [0.5, 0.6) is 0 Å². The number of halogens is 2. The number of methoxy groups -OCH3 is 1. The maximum atomic E-state index is 6.26. The maximum Gasteiger partial charge on any atom is 0.0733 e. The largest absolute Gasteiger partial charge is 0.380 e. The minimum Gasteiger partial charge on any atom is -0.380 e. The first-order valence-electron chi connectivity index (χ1n) is 6.40. The number of hydrogen-bond acceptors (Lipinski definition) is 2. The van der Waals surface area contributed by atoms with Crippen molar-refractivity contribution < 1.29 is 4.74 Å². The fourth-order valence-corrected chi connectivity index (χ4v) is 2.58. The van der Waals surface area contributed by atoms with Crippen molar-refractivity contribution in [2.45, 2.75) is 19.6 Å². The van der Waals surface area contributed by atoms with E-state index in [0.29, 0.717) is 16.7 Å². The van der Waals surface area contributed by atoms with Gasteiger partial charge >= 0.3 is 0 Å². The average Bonchev–Trinajstić information content (AvgIpc) is 2.44. The molecule has 1 unspecified atom stereocenters. The Hall–Kier alpha value is -1.22. The summed E-state index contributed by atoms with van der Waals surface area (Å²) in [5, 5.41) is 4.62. The Morgan fingerprint density at radius 1 is 1.10 bits per heavy atom. The summed E-state index contributed by atoms with van der Waals surface area (Å²) in [4.78, 5) is 0. The van der Waals surface area contributed by atoms with E-state index in [4.69, 9.17) is 27.9 Å². The third-order valence-corrected chi connectivity index (χ3v) is 3.97. The SMILES string of the molecule is COCc1ccccc1NC(C)c1cccc(Cl)c1Cl. The van der Waals surface area contributed by atoms with Gasteiger partial charge in [-0.05, 0) is 24.6 Å². The summed E-state index contributed by atoms with van der Waals surface area (Å²) in [6, 6.07) is 13.8. The van der Waals surface area contributed by atoms with Crippen LogP contribution in [0.2, 0.25) is 10.0 Å². The molecule has 0 bridgehead atoms. The van der Waals surface area contributed by atoms with Gasteiger partial charge in [-0.3, -0.25) is 0 Å². The van der Waals surface area contributed by atoms with Crippen LogP contribution >= 0.6 is 23.2 Å². The summed E-state index contributed by atoms with van der Waals surface area (Å²) in [5.41, 5.74) is 3.13. The molecule has 0 spiro atoms. The number of rotatable bonds is 5. The van der Waals surface area contributed by atoms with E-state index in [-0.39, 0.29) is 6.04 Å². The molecule has 0 heterocycles. The van der Waals surface area contributed by atoms with Gasteiger partial charge in [-0.2, -0.15) is 0 Å². The molecule has 0 saturated heterocycles. The van der Waals surface area contributed by atoms with Crippen LogP contribution < -0.4 is 5.32 Å². The van der Waals surface area contributed by atoms with Gasteiger partial charge in [-0.25, -0.2) is 0 Å². The Kier molecular flexibility index (Phi) is 5.30. The maximum absolute atomic E-state index is 6.26. The fraction of sp³-hybridized carbons (Fsp3) is 0.250. The van der Waals surface area contributed by atoms with Crippen LogP contribution in [0, 0.1) is 0 Å². The number of hydrogen-bond donors (Lipinski definition) is 1. The molecule has 106 valence electrons. The Bertz CT molecular complexity index is 586. The fourth-order valence-electron chi connectivity index (χ4n) is 2.11. The standard InChI is InChI=1S/C16H17Cl2NO/c1-11(13-7-5-8-14(17)16(13)18)19-15-9-4-3-6-12(15)10-20-2/h3-9,11,19H,10H2,1-2H3. The van der Waals surface area contributed by atoms with Gasteiger partial charge in [-0.15, -0.1) is 0 Å². The topological polar surface area (TPSA) is 21.3 Å². The highest BCUT2D eigenvalue weighted by Crippen LogP contribution is 2.32. The molecule has 4 heteroatoms. The second kappa shape index (κ2) is 6.98. The van der Waals surface area contributed by atoms with Crippen molar-refractivity contribution in [3.8, 4) is 0 Å². The molecule has 0 radical (unpaired) electrons. The van der Waals surface area contributed by atoms with Crippen LogP contribution in [0.3, 0.4) is 0 Å². The molecule has 0 saturated carbocycles. The van der Waals surface area contributed by atoms with Crippen molar-refractivity contribution >= 4 is 28.9 Å². The molecule has 2 aromatic rings. The van der Waals surface area contributed by atoms with E-state index in [1.165, 1.54) is 0 Å². The minimum absolute atomic E-state index is 0.0548. The molecule has 0 aliphatic heterocycles. The minimum atomic E-state index is 0.0548. The van der Waals surface area contributed by atoms with Gasteiger partial charge in [0.05, 0.1) is 22.7 Å². The highest BCUT2D eigenvalue weighted by molar-refractivity contribution is 6.42. The lowest BCUT2D eigenvalue weighted by Crippen LogP contribution is -2.09. The summed E-state index contributed by atoms with van der Waals surface area (Å²) in [6.07, 6.45) is 0. The normalized spacial score (nSPS) is 12.2. The van der Waals surface area contributed by atoms with Gasteiger partial charge in [0, 0.05) is 18.4 Å². The molecule has 20 heavy (non-hydrogen) atoms. The first kappa shape index (κ1) is 15.2. The van der Waals surface area contributed by atoms with Crippen LogP contribution in [0.25, 0.3) is 0 Å². The van der Waals surface area contributed by atoms with Gasteiger partial charge in [0.1, 0.15) is 0 Å². The van der Waals surface area contributed by atoms with Crippen molar-refractivity contribution in [1.29, 1.82) is 0 Å². The summed E-state index contributed by atoms with van der Waals surface area (Å²) in [5.74, 6) is 0. The molecule has 0 aromatic heterocycles. The number of benzene rings is 2. The van der Waals surface area contributed by atoms with E-state index in [1.807, 2.05) is 36.4 Å². The van der Waals surface area contributed by atoms with Crippen LogP contribution in [-0.4, -0.2) is 7.11 Å². The summed E-state index contributed by atoms with van der Waals surface area (Å²) in [6.45, 7) is 2.63. The van der Waals surface area contributed by atoms with Gasteiger partial charge in [-0.1, -0.05) is 53.5 Å². The van der Waals surface area contributed by atoms with E-state index in [2.05, 4.69) is 12.2 Å². The molecule has 2 nitrogen and oxygen atoms in total. The summed E-state index contributed by atoms with van der Waals surface area (Å²) >= 11 is 12.3. The highest BCUT2D eigenvalue weighted by atomic mass is 35.5. The smallest absolute Gasteiger partial charge is 0.0733 e. The second-order valence-electron chi connectivity index (χ2n) is 4.60. The Labute approximate surface area is 129 Å². The molecule has 0 fully saturated rings. The summed E-state index contributed by atoms with van der Waals surface area (Å²) < 4.78 is 5.21. The van der Waals surface area contributed by atoms with E-state index in [1.54, 1.807) is 13.2 Å². The summed E-state index contributed by atoms with van der Waals surface area (Å²) in [7, 11) is 1.69. The Morgan fingerprint density at radius 2 is 1.85 bits per heavy atom. The third kappa shape index (κ3) is 3.45. The van der Waals surface area contributed by atoms with Crippen LogP contribution in [0.4, 0.5) is 5.69 Å². The molecule has 0 aliphatic carbocycles. The van der Waals surface area contributed by atoms with Gasteiger partial charge < -0.3 is 10.1 Å². The number of nitrogens with one attached hydrogen (secondary N) is 1. The van der Waals surface area contributed by atoms with Crippen molar-refractivity contribution in [3.05, 3.63) is 63.6 Å². The first-order valence-corrected chi connectivity index (χ1v) is 7.16. The first-order chi connectivity index (χ1) is 9.63.